The zero-order valence-corrected chi connectivity index (χ0v) is 13.8. The highest BCUT2D eigenvalue weighted by Gasteiger charge is 2.44. The van der Waals surface area contributed by atoms with Crippen molar-refractivity contribution in [3.8, 4) is 0 Å². The number of ether oxygens (including phenoxy) is 2. The molecule has 0 aliphatic carbocycles. The van der Waals surface area contributed by atoms with Crippen molar-refractivity contribution in [1.82, 2.24) is 10.6 Å². The molecule has 1 fully saturated rings. The molecule has 1 aliphatic rings. The first-order valence-corrected chi connectivity index (χ1v) is 7.96. The first-order chi connectivity index (χ1) is 12.4. The Kier molecular flexibility index (Phi) is 7.30. The molecule has 1 aromatic carbocycles. The molecule has 1 heterocycles. The maximum absolute atomic E-state index is 11.8. The minimum atomic E-state index is -1.63. The third kappa shape index (κ3) is 5.38. The van der Waals surface area contributed by atoms with E-state index in [2.05, 4.69) is 10.6 Å². The van der Waals surface area contributed by atoms with Crippen LogP contribution in [0.5, 0.6) is 0 Å². The Balaban J connectivity index is 1.75. The van der Waals surface area contributed by atoms with Gasteiger partial charge in [0, 0.05) is 0 Å². The van der Waals surface area contributed by atoms with E-state index in [1.165, 1.54) is 0 Å². The number of hydrogen-bond acceptors (Lipinski definition) is 8. The Bertz CT molecular complexity index is 599. The van der Waals surface area contributed by atoms with E-state index < -0.39 is 55.8 Å². The molecule has 1 aliphatic heterocycles. The molecule has 1 saturated heterocycles. The van der Waals surface area contributed by atoms with Crippen molar-refractivity contribution >= 4 is 12.0 Å². The van der Waals surface area contributed by atoms with Crippen LogP contribution in [0.2, 0.25) is 0 Å². The number of carbonyl (C=O) groups is 2. The van der Waals surface area contributed by atoms with Crippen LogP contribution in [-0.2, 0) is 20.9 Å². The average molecular weight is 370 g/mol. The van der Waals surface area contributed by atoms with Gasteiger partial charge in [-0.2, -0.15) is 0 Å². The second-order valence-electron chi connectivity index (χ2n) is 5.74. The maximum atomic E-state index is 11.8. The topological polar surface area (TPSA) is 158 Å². The zero-order chi connectivity index (χ0) is 19.1. The molecule has 0 saturated carbocycles. The number of hydrogen-bond donors (Lipinski definition) is 6. The summed E-state index contributed by atoms with van der Waals surface area (Å²) in [5, 5.41) is 42.9. The molecule has 10 nitrogen and oxygen atoms in total. The van der Waals surface area contributed by atoms with Crippen LogP contribution in [0.1, 0.15) is 5.56 Å². The van der Waals surface area contributed by atoms with Gasteiger partial charge in [0.1, 0.15) is 37.5 Å². The normalized spacial score (nSPS) is 28.2. The minimum Gasteiger partial charge on any atom is -0.445 e. The third-order valence-corrected chi connectivity index (χ3v) is 3.83. The van der Waals surface area contributed by atoms with Gasteiger partial charge in [-0.05, 0) is 5.56 Å². The number of nitrogens with one attached hydrogen (secondary N) is 2. The second-order valence-corrected chi connectivity index (χ2v) is 5.74. The van der Waals surface area contributed by atoms with E-state index in [4.69, 9.17) is 14.6 Å². The lowest BCUT2D eigenvalue weighted by Crippen LogP contribution is -2.64. The van der Waals surface area contributed by atoms with Crippen LogP contribution in [0, 0.1) is 0 Å². The fraction of sp³-hybridized carbons (Fsp3) is 0.500. The van der Waals surface area contributed by atoms with E-state index in [-0.39, 0.29) is 6.61 Å². The van der Waals surface area contributed by atoms with Crippen molar-refractivity contribution < 1.29 is 39.5 Å². The van der Waals surface area contributed by atoms with Crippen molar-refractivity contribution in [2.24, 2.45) is 0 Å². The van der Waals surface area contributed by atoms with Crippen LogP contribution >= 0.6 is 0 Å². The highest BCUT2D eigenvalue weighted by molar-refractivity contribution is 5.82. The van der Waals surface area contributed by atoms with Gasteiger partial charge in [-0.25, -0.2) is 4.79 Å². The number of aliphatic hydroxyl groups excluding tert-OH is 4. The van der Waals surface area contributed by atoms with Gasteiger partial charge in [0.25, 0.3) is 0 Å². The molecule has 0 unspecified atom stereocenters. The van der Waals surface area contributed by atoms with Gasteiger partial charge in [-0.3, -0.25) is 4.79 Å². The summed E-state index contributed by atoms with van der Waals surface area (Å²) in [6.45, 7) is -1.04. The van der Waals surface area contributed by atoms with Gasteiger partial charge in [-0.15, -0.1) is 0 Å². The largest absolute Gasteiger partial charge is 0.445 e. The lowest BCUT2D eigenvalue weighted by molar-refractivity contribution is -0.253. The lowest BCUT2D eigenvalue weighted by Gasteiger charge is -2.40. The fourth-order valence-corrected chi connectivity index (χ4v) is 2.42. The highest BCUT2D eigenvalue weighted by atomic mass is 16.6. The molecular weight excluding hydrogens is 348 g/mol. The van der Waals surface area contributed by atoms with Crippen LogP contribution in [0.3, 0.4) is 0 Å². The van der Waals surface area contributed by atoms with E-state index in [1.54, 1.807) is 24.3 Å². The summed E-state index contributed by atoms with van der Waals surface area (Å²) in [5.41, 5.74) is 0.783. The molecule has 6 N–H and O–H groups in total. The summed E-state index contributed by atoms with van der Waals surface area (Å²) in [5.74, 6) is -0.733. The Morgan fingerprint density at radius 1 is 1.12 bits per heavy atom. The smallest absolute Gasteiger partial charge is 0.407 e. The van der Waals surface area contributed by atoms with E-state index in [9.17, 15) is 24.9 Å². The predicted molar refractivity (Wildman–Crippen MR) is 86.5 cm³/mol. The molecule has 2 rings (SSSR count). The van der Waals surface area contributed by atoms with Gasteiger partial charge < -0.3 is 40.5 Å². The number of benzene rings is 1. The second kappa shape index (κ2) is 9.46. The Morgan fingerprint density at radius 3 is 2.46 bits per heavy atom. The van der Waals surface area contributed by atoms with Gasteiger partial charge in [0.2, 0.25) is 5.91 Å². The van der Waals surface area contributed by atoms with Gasteiger partial charge in [0.15, 0.2) is 6.29 Å². The highest BCUT2D eigenvalue weighted by Crippen LogP contribution is 2.19. The van der Waals surface area contributed by atoms with E-state index >= 15 is 0 Å². The first-order valence-electron chi connectivity index (χ1n) is 7.96. The standard InChI is InChI=1S/C16H22N2O8/c19-7-10-13(21)14(22)12(15(23)26-10)18-11(20)6-17-16(24)25-8-9-4-2-1-3-5-9/h1-5,10,12-15,19,21-23H,6-8H2,(H,17,24)(H,18,20)/t10-,12+,13+,14+,15-/m0/s1. The van der Waals surface area contributed by atoms with Crippen molar-refractivity contribution in [2.75, 3.05) is 13.2 Å². The van der Waals surface area contributed by atoms with E-state index in [0.717, 1.165) is 5.56 Å². The van der Waals surface area contributed by atoms with Crippen molar-refractivity contribution in [3.05, 3.63) is 35.9 Å². The molecule has 1 aromatic rings. The minimum absolute atomic E-state index is 0.0386. The fourth-order valence-electron chi connectivity index (χ4n) is 2.42. The number of aliphatic hydroxyl groups is 4. The quantitative estimate of drug-likeness (QED) is 0.330. The monoisotopic (exact) mass is 370 g/mol. The molecule has 5 atom stereocenters. The van der Waals surface area contributed by atoms with Crippen LogP contribution in [0.15, 0.2) is 30.3 Å². The molecule has 2 amide bonds. The summed E-state index contributed by atoms with van der Waals surface area (Å²) >= 11 is 0. The molecule has 26 heavy (non-hydrogen) atoms. The summed E-state index contributed by atoms with van der Waals surface area (Å²) < 4.78 is 9.85. The number of rotatable bonds is 6. The SMILES string of the molecule is O=C(CNC(=O)OCc1ccccc1)N[C@@H]1[C@@H](O)[C@H](O)[C@H](CO)O[C@@H]1O. The lowest BCUT2D eigenvalue weighted by atomic mass is 9.97. The Morgan fingerprint density at radius 2 is 1.81 bits per heavy atom. The van der Waals surface area contributed by atoms with Gasteiger partial charge >= 0.3 is 6.09 Å². The first kappa shape index (κ1) is 20.1. The summed E-state index contributed by atoms with van der Waals surface area (Å²) in [7, 11) is 0. The van der Waals surface area contributed by atoms with E-state index in [1.807, 2.05) is 6.07 Å². The van der Waals surface area contributed by atoms with Crippen molar-refractivity contribution in [3.63, 3.8) is 0 Å². The van der Waals surface area contributed by atoms with Crippen LogP contribution in [-0.4, -0.2) is 76.2 Å². The molecule has 0 bridgehead atoms. The summed E-state index contributed by atoms with van der Waals surface area (Å²) in [4.78, 5) is 23.4. The van der Waals surface area contributed by atoms with Gasteiger partial charge in [-0.1, -0.05) is 30.3 Å². The maximum Gasteiger partial charge on any atom is 0.407 e. The summed E-state index contributed by atoms with van der Waals surface area (Å²) in [6.07, 6.45) is -6.65. The average Bonchev–Trinajstić information content (AvgIpc) is 2.65. The van der Waals surface area contributed by atoms with Crippen molar-refractivity contribution in [2.45, 2.75) is 37.3 Å². The third-order valence-electron chi connectivity index (χ3n) is 3.83. The van der Waals surface area contributed by atoms with Crippen LogP contribution in [0.25, 0.3) is 0 Å². The number of alkyl carbamates (subject to hydrolysis) is 1. The molecule has 144 valence electrons. The molecular formula is C16H22N2O8. The summed E-state index contributed by atoms with van der Waals surface area (Å²) in [6, 6.07) is 7.65. The molecule has 0 aromatic heterocycles. The zero-order valence-electron chi connectivity index (χ0n) is 13.8. The number of amides is 2. The number of carbonyl (C=O) groups excluding carboxylic acids is 2. The molecule has 10 heteroatoms. The predicted octanol–water partition coefficient (Wildman–Crippen LogP) is -2.17. The molecule has 0 radical (unpaired) electrons. The van der Waals surface area contributed by atoms with Crippen LogP contribution in [0.4, 0.5) is 4.79 Å². The van der Waals surface area contributed by atoms with Gasteiger partial charge in [0.05, 0.1) is 6.61 Å². The van der Waals surface area contributed by atoms with E-state index in [0.29, 0.717) is 0 Å². The van der Waals surface area contributed by atoms with Crippen molar-refractivity contribution in [1.29, 1.82) is 0 Å². The van der Waals surface area contributed by atoms with Crippen LogP contribution < -0.4 is 10.6 Å². The molecule has 0 spiro atoms. The Hall–Kier alpha value is -2.24. The Labute approximate surface area is 149 Å².